The number of nitrogens with two attached hydrogens (primary N) is 1. The molecule has 3 saturated heterocycles. The van der Waals surface area contributed by atoms with Crippen molar-refractivity contribution in [3.63, 3.8) is 0 Å². The molecule has 3 heterocycles. The van der Waals surface area contributed by atoms with Crippen LogP contribution < -0.4 is 5.73 Å². The summed E-state index contributed by atoms with van der Waals surface area (Å²) < 4.78 is 30.5. The molecule has 4 rings (SSSR count). The maximum atomic E-state index is 10.9. The van der Waals surface area contributed by atoms with Crippen LogP contribution in [-0.2, 0) is 23.7 Å². The van der Waals surface area contributed by atoms with E-state index in [2.05, 4.69) is 20.8 Å². The SMILES string of the molecule is C#[P+]C1OCC2OC(CC3C(C)CC(N)C(O)C3OC3CCC(CC)O3)CC(C)C2O1. The minimum absolute atomic E-state index is 0.0127. The van der Waals surface area contributed by atoms with Crippen molar-refractivity contribution in [3.8, 4) is 6.13 Å². The quantitative estimate of drug-likeness (QED) is 0.615. The molecule has 8 heteroatoms. The number of fused-ring (bicyclic) bond motifs is 1. The van der Waals surface area contributed by atoms with E-state index in [9.17, 15) is 5.11 Å². The number of hydrogen-bond acceptors (Lipinski definition) is 7. The Hall–Kier alpha value is -0.0700. The summed E-state index contributed by atoms with van der Waals surface area (Å²) in [5.74, 6) is 0.849. The average molecular weight is 457 g/mol. The third-order valence-electron chi connectivity index (χ3n) is 7.67. The van der Waals surface area contributed by atoms with E-state index in [0.717, 1.165) is 38.5 Å². The van der Waals surface area contributed by atoms with E-state index in [4.69, 9.17) is 35.5 Å². The Bertz CT molecular complexity index is 646. The molecule has 0 radical (unpaired) electrons. The van der Waals surface area contributed by atoms with Crippen LogP contribution in [0.5, 0.6) is 0 Å². The van der Waals surface area contributed by atoms with Crippen molar-refractivity contribution in [2.45, 2.75) is 114 Å². The van der Waals surface area contributed by atoms with E-state index in [1.807, 2.05) is 0 Å². The van der Waals surface area contributed by atoms with Gasteiger partial charge >= 0.3 is 161 Å². The van der Waals surface area contributed by atoms with Gasteiger partial charge in [0.05, 0.1) is 6.10 Å². The predicted molar refractivity (Wildman–Crippen MR) is 118 cm³/mol. The van der Waals surface area contributed by atoms with Gasteiger partial charge in [-0.2, -0.15) is 0 Å². The first-order valence-corrected chi connectivity index (χ1v) is 13.0. The predicted octanol–water partition coefficient (Wildman–Crippen LogP) is 3.05. The number of aliphatic hydroxyl groups is 1. The molecule has 12 unspecified atom stereocenters. The summed E-state index contributed by atoms with van der Waals surface area (Å²) in [6, 6.07) is -0.641. The van der Waals surface area contributed by atoms with Gasteiger partial charge in [0.1, 0.15) is 0 Å². The molecule has 1 aliphatic carbocycles. The summed E-state index contributed by atoms with van der Waals surface area (Å²) in [5.41, 5.74) is 6.27. The van der Waals surface area contributed by atoms with Crippen LogP contribution in [0.4, 0.5) is 0 Å². The average Bonchev–Trinajstić information content (AvgIpc) is 3.22. The van der Waals surface area contributed by atoms with E-state index in [0.29, 0.717) is 26.5 Å². The molecule has 31 heavy (non-hydrogen) atoms. The van der Waals surface area contributed by atoms with E-state index in [-0.39, 0.29) is 54.8 Å². The summed E-state index contributed by atoms with van der Waals surface area (Å²) >= 11 is 0. The standard InChI is InChI=1S/C23H39NO6P/c1-5-14-6-7-19(28-14)29-22-16(12(2)9-17(24)20(22)25)10-15-8-13(3)21-18(27-15)11-26-23(30-21)31-4/h4,12-23,25H,5-11,24H2,1-3H3/q+1. The second kappa shape index (κ2) is 10.5. The first-order valence-electron chi connectivity index (χ1n) is 12.0. The van der Waals surface area contributed by atoms with Crippen molar-refractivity contribution in [2.24, 2.45) is 23.5 Å². The number of hydrogen-bond donors (Lipinski definition) is 2. The van der Waals surface area contributed by atoms with Crippen LogP contribution in [0.15, 0.2) is 0 Å². The molecule has 4 fully saturated rings. The Kier molecular flexibility index (Phi) is 8.12. The Morgan fingerprint density at radius 1 is 1.10 bits per heavy atom. The van der Waals surface area contributed by atoms with Gasteiger partial charge in [-0.3, -0.25) is 0 Å². The van der Waals surface area contributed by atoms with Crippen LogP contribution in [0, 0.1) is 23.9 Å². The van der Waals surface area contributed by atoms with E-state index in [1.165, 1.54) is 0 Å². The molecule has 0 aromatic carbocycles. The molecule has 176 valence electrons. The van der Waals surface area contributed by atoms with Gasteiger partial charge in [0, 0.05) is 0 Å². The van der Waals surface area contributed by atoms with Crippen molar-refractivity contribution in [1.29, 1.82) is 0 Å². The third kappa shape index (κ3) is 5.37. The second-order valence-corrected chi connectivity index (χ2v) is 10.7. The molecule has 3 N–H and O–H groups in total. The summed E-state index contributed by atoms with van der Waals surface area (Å²) in [5, 5.41) is 10.9. The van der Waals surface area contributed by atoms with Gasteiger partial charge in [0.2, 0.25) is 0 Å². The number of rotatable bonds is 5. The van der Waals surface area contributed by atoms with E-state index < -0.39 is 6.10 Å². The topological polar surface area (TPSA) is 92.4 Å². The van der Waals surface area contributed by atoms with Crippen LogP contribution in [0.3, 0.4) is 0 Å². The van der Waals surface area contributed by atoms with Crippen molar-refractivity contribution < 1.29 is 28.8 Å². The molecular weight excluding hydrogens is 417 g/mol. The molecule has 0 aromatic heterocycles. The van der Waals surface area contributed by atoms with Gasteiger partial charge in [-0.05, 0) is 12.8 Å². The number of aliphatic hydroxyl groups excluding tert-OH is 1. The molecule has 4 aliphatic rings. The van der Waals surface area contributed by atoms with Crippen LogP contribution >= 0.6 is 8.04 Å². The summed E-state index contributed by atoms with van der Waals surface area (Å²) in [4.78, 5) is 0. The molecule has 12 atom stereocenters. The number of ether oxygens (including phenoxy) is 5. The molecule has 7 nitrogen and oxygen atoms in total. The van der Waals surface area contributed by atoms with Crippen LogP contribution in [-0.4, -0.2) is 66.7 Å². The Labute approximate surface area is 187 Å². The van der Waals surface area contributed by atoms with Crippen molar-refractivity contribution >= 4 is 8.04 Å². The minimum atomic E-state index is -0.690. The Balaban J connectivity index is 1.42. The van der Waals surface area contributed by atoms with Gasteiger partial charge in [-0.1, -0.05) is 6.92 Å². The molecule has 0 amide bonds. The first-order chi connectivity index (χ1) is 14.9. The van der Waals surface area contributed by atoms with Crippen molar-refractivity contribution in [2.75, 3.05) is 6.61 Å². The van der Waals surface area contributed by atoms with Gasteiger partial charge in [-0.25, -0.2) is 0 Å². The van der Waals surface area contributed by atoms with Gasteiger partial charge < -0.3 is 0 Å². The maximum absolute atomic E-state index is 10.9. The first kappa shape index (κ1) is 24.1. The fourth-order valence-corrected chi connectivity index (χ4v) is 6.28. The van der Waals surface area contributed by atoms with Crippen LogP contribution in [0.1, 0.15) is 59.3 Å². The van der Waals surface area contributed by atoms with Crippen LogP contribution in [0.25, 0.3) is 0 Å². The van der Waals surface area contributed by atoms with Gasteiger partial charge in [0.25, 0.3) is 0 Å². The fraction of sp³-hybridized carbons (Fsp3) is 0.957. The zero-order chi connectivity index (χ0) is 22.1. The monoisotopic (exact) mass is 456 g/mol. The second-order valence-electron chi connectivity index (χ2n) is 9.94. The third-order valence-corrected chi connectivity index (χ3v) is 8.18. The summed E-state index contributed by atoms with van der Waals surface area (Å²) in [6.07, 6.45) is 10.0. The molecule has 1 saturated carbocycles. The Morgan fingerprint density at radius 2 is 1.90 bits per heavy atom. The van der Waals surface area contributed by atoms with Gasteiger partial charge in [-0.15, -0.1) is 0 Å². The molecule has 3 aliphatic heterocycles. The van der Waals surface area contributed by atoms with Gasteiger partial charge in [0.15, 0.2) is 0 Å². The molecule has 0 bridgehead atoms. The van der Waals surface area contributed by atoms with Crippen molar-refractivity contribution in [1.82, 2.24) is 0 Å². The molecule has 0 spiro atoms. The van der Waals surface area contributed by atoms with Crippen LogP contribution in [0.2, 0.25) is 0 Å². The van der Waals surface area contributed by atoms with E-state index in [1.54, 1.807) is 0 Å². The zero-order valence-electron chi connectivity index (χ0n) is 19.0. The summed E-state index contributed by atoms with van der Waals surface area (Å²) in [7, 11) is 0.600. The zero-order valence-corrected chi connectivity index (χ0v) is 19.9. The normalized spacial score (nSPS) is 50.7. The molecule has 0 aromatic rings. The Morgan fingerprint density at radius 3 is 2.61 bits per heavy atom. The summed E-state index contributed by atoms with van der Waals surface area (Å²) in [6.45, 7) is 7.06. The van der Waals surface area contributed by atoms with Crippen molar-refractivity contribution in [3.05, 3.63) is 0 Å². The van der Waals surface area contributed by atoms with E-state index >= 15 is 0 Å². The molecular formula is C23H39NO6P+. The fourth-order valence-electron chi connectivity index (χ4n) is 5.90.